The van der Waals surface area contributed by atoms with Gasteiger partial charge in [0.15, 0.2) is 0 Å². The van der Waals surface area contributed by atoms with Crippen molar-refractivity contribution in [2.24, 2.45) is 0 Å². The number of sulfonamides is 1. The highest BCUT2D eigenvalue weighted by atomic mass is 32.2. The van der Waals surface area contributed by atoms with Crippen molar-refractivity contribution in [3.05, 3.63) is 60.2 Å². The van der Waals surface area contributed by atoms with Crippen LogP contribution in [0.15, 0.2) is 57.9 Å². The first-order chi connectivity index (χ1) is 13.4. The molecule has 0 unspecified atom stereocenters. The lowest BCUT2D eigenvalue weighted by atomic mass is 10.2. The standard InChI is InChI=1S/C18H16F2N4O3S/c19-14-6-7-15(20)16(12-14)28(25,26)24-10-8-23(9-11-24)18-21-17(27-22-18)13-4-2-1-3-5-13/h1-7,12H,8-11H2. The first-order valence-electron chi connectivity index (χ1n) is 8.54. The summed E-state index contributed by atoms with van der Waals surface area (Å²) in [5, 5.41) is 3.95. The van der Waals surface area contributed by atoms with E-state index in [1.165, 1.54) is 0 Å². The van der Waals surface area contributed by atoms with Crippen LogP contribution in [0.2, 0.25) is 0 Å². The SMILES string of the molecule is O=S(=O)(c1cc(F)ccc1F)N1CCN(c2noc(-c3ccccc3)n2)CC1. The van der Waals surface area contributed by atoms with Crippen molar-refractivity contribution in [2.75, 3.05) is 31.1 Å². The molecule has 4 rings (SSSR count). The van der Waals surface area contributed by atoms with Crippen LogP contribution in [0.3, 0.4) is 0 Å². The van der Waals surface area contributed by atoms with E-state index >= 15 is 0 Å². The second-order valence-electron chi connectivity index (χ2n) is 6.23. The van der Waals surface area contributed by atoms with Crippen LogP contribution < -0.4 is 4.90 Å². The van der Waals surface area contributed by atoms with Crippen LogP contribution in [0, 0.1) is 11.6 Å². The number of rotatable bonds is 4. The Bertz CT molecular complexity index is 1080. The molecule has 0 spiro atoms. The summed E-state index contributed by atoms with van der Waals surface area (Å²) in [4.78, 5) is 5.47. The van der Waals surface area contributed by atoms with E-state index in [1.807, 2.05) is 30.3 Å². The fourth-order valence-corrected chi connectivity index (χ4v) is 4.48. The molecule has 1 saturated heterocycles. The van der Waals surface area contributed by atoms with Gasteiger partial charge in [-0.15, -0.1) is 0 Å². The molecule has 1 aliphatic heterocycles. The van der Waals surface area contributed by atoms with Crippen LogP contribution in [0.4, 0.5) is 14.7 Å². The molecule has 10 heteroatoms. The van der Waals surface area contributed by atoms with Crippen LogP contribution in [0.5, 0.6) is 0 Å². The van der Waals surface area contributed by atoms with Gasteiger partial charge in [0.1, 0.15) is 16.5 Å². The maximum atomic E-state index is 13.9. The van der Waals surface area contributed by atoms with Gasteiger partial charge in [0.2, 0.25) is 10.0 Å². The number of halogens is 2. The minimum absolute atomic E-state index is 0.0908. The third kappa shape index (κ3) is 3.48. The first-order valence-corrected chi connectivity index (χ1v) is 9.98. The summed E-state index contributed by atoms with van der Waals surface area (Å²) in [5.74, 6) is -1.06. The topological polar surface area (TPSA) is 79.5 Å². The molecule has 7 nitrogen and oxygen atoms in total. The Kier molecular flexibility index (Phi) is 4.82. The Morgan fingerprint density at radius 2 is 1.68 bits per heavy atom. The highest BCUT2D eigenvalue weighted by molar-refractivity contribution is 7.89. The van der Waals surface area contributed by atoms with Crippen molar-refractivity contribution in [1.82, 2.24) is 14.4 Å². The summed E-state index contributed by atoms with van der Waals surface area (Å²) in [6.45, 7) is 0.773. The van der Waals surface area contributed by atoms with Gasteiger partial charge in [-0.25, -0.2) is 17.2 Å². The van der Waals surface area contributed by atoms with Crippen molar-refractivity contribution in [2.45, 2.75) is 4.90 Å². The Hall–Kier alpha value is -2.85. The number of hydrogen-bond acceptors (Lipinski definition) is 6. The highest BCUT2D eigenvalue weighted by Gasteiger charge is 2.32. The molecule has 28 heavy (non-hydrogen) atoms. The average molecular weight is 406 g/mol. The minimum atomic E-state index is -4.13. The molecular formula is C18H16F2N4O3S. The van der Waals surface area contributed by atoms with E-state index < -0.39 is 26.6 Å². The van der Waals surface area contributed by atoms with E-state index in [9.17, 15) is 17.2 Å². The van der Waals surface area contributed by atoms with Crippen molar-refractivity contribution in [3.8, 4) is 11.5 Å². The normalized spacial score (nSPS) is 15.7. The average Bonchev–Trinajstić information content (AvgIpc) is 3.21. The van der Waals surface area contributed by atoms with Crippen molar-refractivity contribution < 1.29 is 21.7 Å². The second kappa shape index (κ2) is 7.28. The lowest BCUT2D eigenvalue weighted by Crippen LogP contribution is -2.49. The predicted molar refractivity (Wildman–Crippen MR) is 97.1 cm³/mol. The van der Waals surface area contributed by atoms with Crippen LogP contribution in [-0.2, 0) is 10.0 Å². The highest BCUT2D eigenvalue weighted by Crippen LogP contribution is 2.24. The summed E-state index contributed by atoms with van der Waals surface area (Å²) >= 11 is 0. The molecule has 0 atom stereocenters. The van der Waals surface area contributed by atoms with E-state index in [4.69, 9.17) is 4.52 Å². The third-order valence-corrected chi connectivity index (χ3v) is 6.38. The first kappa shape index (κ1) is 18.5. The number of nitrogens with zero attached hydrogens (tertiary/aromatic N) is 4. The van der Waals surface area contributed by atoms with E-state index in [-0.39, 0.29) is 13.1 Å². The van der Waals surface area contributed by atoms with E-state index in [0.717, 1.165) is 22.0 Å². The van der Waals surface area contributed by atoms with Crippen molar-refractivity contribution in [3.63, 3.8) is 0 Å². The number of hydrogen-bond donors (Lipinski definition) is 0. The second-order valence-corrected chi connectivity index (χ2v) is 8.14. The number of piperazine rings is 1. The molecule has 0 aliphatic carbocycles. The van der Waals surface area contributed by atoms with Gasteiger partial charge in [-0.3, -0.25) is 0 Å². The zero-order valence-electron chi connectivity index (χ0n) is 14.6. The van der Waals surface area contributed by atoms with Crippen molar-refractivity contribution >= 4 is 16.0 Å². The van der Waals surface area contributed by atoms with E-state index in [0.29, 0.717) is 31.0 Å². The molecule has 1 fully saturated rings. The minimum Gasteiger partial charge on any atom is -0.336 e. The monoisotopic (exact) mass is 406 g/mol. The number of anilines is 1. The summed E-state index contributed by atoms with van der Waals surface area (Å²) in [6.07, 6.45) is 0. The largest absolute Gasteiger partial charge is 0.336 e. The molecule has 1 aliphatic rings. The third-order valence-electron chi connectivity index (χ3n) is 4.47. The molecule has 1 aromatic heterocycles. The summed E-state index contributed by atoms with van der Waals surface area (Å²) in [5.41, 5.74) is 0.782. The van der Waals surface area contributed by atoms with Crippen molar-refractivity contribution in [1.29, 1.82) is 0 Å². The quantitative estimate of drug-likeness (QED) is 0.663. The molecule has 2 heterocycles. The summed E-state index contributed by atoms with van der Waals surface area (Å²) in [6, 6.07) is 11.7. The van der Waals surface area contributed by atoms with Gasteiger partial charge < -0.3 is 9.42 Å². The molecular weight excluding hydrogens is 390 g/mol. The zero-order chi connectivity index (χ0) is 19.7. The molecule has 146 valence electrons. The fraction of sp³-hybridized carbons (Fsp3) is 0.222. The molecule has 0 radical (unpaired) electrons. The van der Waals surface area contributed by atoms with Gasteiger partial charge in [-0.1, -0.05) is 18.2 Å². The number of aromatic nitrogens is 2. The van der Waals surface area contributed by atoms with Gasteiger partial charge >= 0.3 is 0 Å². The summed E-state index contributed by atoms with van der Waals surface area (Å²) in [7, 11) is -4.13. The molecule has 0 bridgehead atoms. The van der Waals surface area contributed by atoms with Crippen LogP contribution in [0.25, 0.3) is 11.5 Å². The number of benzene rings is 2. The van der Waals surface area contributed by atoms with Gasteiger partial charge in [0.05, 0.1) is 0 Å². The van der Waals surface area contributed by atoms with Crippen LogP contribution >= 0.6 is 0 Å². The lowest BCUT2D eigenvalue weighted by molar-refractivity contribution is 0.374. The Morgan fingerprint density at radius 3 is 2.39 bits per heavy atom. The Morgan fingerprint density at radius 1 is 0.964 bits per heavy atom. The van der Waals surface area contributed by atoms with Crippen LogP contribution in [-0.4, -0.2) is 49.0 Å². The molecule has 0 saturated carbocycles. The maximum Gasteiger partial charge on any atom is 0.266 e. The maximum absolute atomic E-state index is 13.9. The Labute approximate surface area is 160 Å². The van der Waals surface area contributed by atoms with E-state index in [2.05, 4.69) is 10.1 Å². The van der Waals surface area contributed by atoms with Gasteiger partial charge in [-0.05, 0) is 35.5 Å². The lowest BCUT2D eigenvalue weighted by Gasteiger charge is -2.33. The Balaban J connectivity index is 1.48. The molecule has 3 aromatic rings. The predicted octanol–water partition coefficient (Wildman–Crippen LogP) is 2.53. The molecule has 0 N–H and O–H groups in total. The fourth-order valence-electron chi connectivity index (χ4n) is 2.98. The summed E-state index contributed by atoms with van der Waals surface area (Å²) < 4.78 is 59.0. The molecule has 2 aromatic carbocycles. The zero-order valence-corrected chi connectivity index (χ0v) is 15.4. The molecule has 0 amide bonds. The smallest absolute Gasteiger partial charge is 0.266 e. The van der Waals surface area contributed by atoms with Gasteiger partial charge in [0, 0.05) is 31.7 Å². The van der Waals surface area contributed by atoms with Gasteiger partial charge in [-0.2, -0.15) is 9.29 Å². The van der Waals surface area contributed by atoms with E-state index in [1.54, 1.807) is 4.90 Å². The van der Waals surface area contributed by atoms with Crippen LogP contribution in [0.1, 0.15) is 0 Å². The van der Waals surface area contributed by atoms with Gasteiger partial charge in [0.25, 0.3) is 11.8 Å².